The van der Waals surface area contributed by atoms with Gasteiger partial charge < -0.3 is 5.73 Å². The Kier molecular flexibility index (Phi) is 2.91. The molecule has 15 heavy (non-hydrogen) atoms. The molecule has 0 atom stereocenters. The van der Waals surface area contributed by atoms with Gasteiger partial charge in [-0.3, -0.25) is 0 Å². The molecule has 1 aromatic rings. The first-order valence-corrected chi connectivity index (χ1v) is 6.38. The molecule has 1 aromatic carbocycles. The fraction of sp³-hybridized carbons (Fsp3) is 0.538. The number of hydrogen-bond donors (Lipinski definition) is 1. The highest BCUT2D eigenvalue weighted by Gasteiger charge is 2.33. The van der Waals surface area contributed by atoms with Crippen LogP contribution in [-0.4, -0.2) is 0 Å². The highest BCUT2D eigenvalue weighted by Crippen LogP contribution is 2.40. The van der Waals surface area contributed by atoms with E-state index in [4.69, 9.17) is 5.73 Å². The standard InChI is InChI=1S/C13H18BrN/c1-9-7-10(2)12(14)11(8-9)13(15)5-3-4-6-13/h7-8H,3-6,15H2,1-2H3. The predicted molar refractivity (Wildman–Crippen MR) is 67.9 cm³/mol. The van der Waals surface area contributed by atoms with Gasteiger partial charge in [-0.1, -0.05) is 46.5 Å². The van der Waals surface area contributed by atoms with Gasteiger partial charge in [0.05, 0.1) is 0 Å². The zero-order valence-corrected chi connectivity index (χ0v) is 11.0. The molecular formula is C13H18BrN. The smallest absolute Gasteiger partial charge is 0.0421 e. The van der Waals surface area contributed by atoms with E-state index in [0.29, 0.717) is 0 Å². The van der Waals surface area contributed by atoms with Gasteiger partial charge in [-0.05, 0) is 37.8 Å². The van der Waals surface area contributed by atoms with E-state index in [0.717, 1.165) is 12.8 Å². The summed E-state index contributed by atoms with van der Waals surface area (Å²) in [5.74, 6) is 0. The lowest BCUT2D eigenvalue weighted by molar-refractivity contribution is 0.459. The van der Waals surface area contributed by atoms with Crippen molar-refractivity contribution in [1.29, 1.82) is 0 Å². The molecule has 0 amide bonds. The van der Waals surface area contributed by atoms with Crippen LogP contribution in [0.2, 0.25) is 0 Å². The van der Waals surface area contributed by atoms with Crippen LogP contribution in [0.15, 0.2) is 16.6 Å². The van der Waals surface area contributed by atoms with Crippen molar-refractivity contribution in [3.63, 3.8) is 0 Å². The van der Waals surface area contributed by atoms with Crippen LogP contribution in [0.1, 0.15) is 42.4 Å². The summed E-state index contributed by atoms with van der Waals surface area (Å²) in [6, 6.07) is 4.44. The summed E-state index contributed by atoms with van der Waals surface area (Å²) >= 11 is 3.68. The third kappa shape index (κ3) is 1.98. The van der Waals surface area contributed by atoms with E-state index in [1.165, 1.54) is 34.0 Å². The Hall–Kier alpha value is -0.340. The van der Waals surface area contributed by atoms with Gasteiger partial charge in [-0.2, -0.15) is 0 Å². The highest BCUT2D eigenvalue weighted by molar-refractivity contribution is 9.10. The van der Waals surface area contributed by atoms with Crippen molar-refractivity contribution in [2.45, 2.75) is 45.1 Å². The lowest BCUT2D eigenvalue weighted by Gasteiger charge is -2.26. The normalized spacial score (nSPS) is 19.5. The van der Waals surface area contributed by atoms with Gasteiger partial charge in [0.25, 0.3) is 0 Å². The summed E-state index contributed by atoms with van der Waals surface area (Å²) in [7, 11) is 0. The quantitative estimate of drug-likeness (QED) is 0.823. The lowest BCUT2D eigenvalue weighted by atomic mass is 9.87. The van der Waals surface area contributed by atoms with Crippen molar-refractivity contribution < 1.29 is 0 Å². The molecule has 0 radical (unpaired) electrons. The first-order valence-electron chi connectivity index (χ1n) is 5.59. The highest BCUT2D eigenvalue weighted by atomic mass is 79.9. The second-order valence-corrected chi connectivity index (χ2v) is 5.60. The monoisotopic (exact) mass is 267 g/mol. The van der Waals surface area contributed by atoms with Crippen molar-refractivity contribution in [2.75, 3.05) is 0 Å². The summed E-state index contributed by atoms with van der Waals surface area (Å²) in [5.41, 5.74) is 10.3. The van der Waals surface area contributed by atoms with Crippen molar-refractivity contribution in [3.8, 4) is 0 Å². The van der Waals surface area contributed by atoms with E-state index in [1.54, 1.807) is 0 Å². The van der Waals surface area contributed by atoms with Crippen LogP contribution < -0.4 is 5.73 Å². The van der Waals surface area contributed by atoms with E-state index in [-0.39, 0.29) is 5.54 Å². The molecule has 0 aromatic heterocycles. The second kappa shape index (κ2) is 3.91. The predicted octanol–water partition coefficient (Wildman–Crippen LogP) is 3.79. The summed E-state index contributed by atoms with van der Waals surface area (Å²) in [5, 5.41) is 0. The fourth-order valence-electron chi connectivity index (χ4n) is 2.59. The van der Waals surface area contributed by atoms with Crippen LogP contribution in [0.5, 0.6) is 0 Å². The van der Waals surface area contributed by atoms with Gasteiger partial charge in [-0.25, -0.2) is 0 Å². The topological polar surface area (TPSA) is 26.0 Å². The molecule has 1 fully saturated rings. The van der Waals surface area contributed by atoms with Crippen molar-refractivity contribution in [2.24, 2.45) is 5.73 Å². The maximum Gasteiger partial charge on any atom is 0.0421 e. The summed E-state index contributed by atoms with van der Waals surface area (Å²) in [6.45, 7) is 4.28. The van der Waals surface area contributed by atoms with Crippen LogP contribution in [0.25, 0.3) is 0 Å². The molecule has 0 saturated heterocycles. The van der Waals surface area contributed by atoms with Crippen LogP contribution in [0.4, 0.5) is 0 Å². The number of rotatable bonds is 1. The molecule has 82 valence electrons. The molecule has 1 aliphatic rings. The van der Waals surface area contributed by atoms with Gasteiger partial charge in [0.15, 0.2) is 0 Å². The zero-order valence-electron chi connectivity index (χ0n) is 9.44. The Balaban J connectivity index is 2.51. The molecule has 0 heterocycles. The van der Waals surface area contributed by atoms with Gasteiger partial charge in [-0.15, -0.1) is 0 Å². The second-order valence-electron chi connectivity index (χ2n) is 4.81. The number of benzene rings is 1. The number of hydrogen-bond acceptors (Lipinski definition) is 1. The zero-order chi connectivity index (χ0) is 11.1. The summed E-state index contributed by atoms with van der Waals surface area (Å²) in [4.78, 5) is 0. The first kappa shape index (κ1) is 11.2. The lowest BCUT2D eigenvalue weighted by Crippen LogP contribution is -2.33. The summed E-state index contributed by atoms with van der Waals surface area (Å²) < 4.78 is 1.21. The van der Waals surface area contributed by atoms with Gasteiger partial charge in [0.1, 0.15) is 0 Å². The minimum absolute atomic E-state index is 0.0877. The Labute approximate surface area is 100 Å². The van der Waals surface area contributed by atoms with Crippen molar-refractivity contribution >= 4 is 15.9 Å². The Morgan fingerprint density at radius 2 is 1.80 bits per heavy atom. The number of aryl methyl sites for hydroxylation is 2. The van der Waals surface area contributed by atoms with Gasteiger partial charge in [0, 0.05) is 10.0 Å². The number of halogens is 1. The van der Waals surface area contributed by atoms with E-state index in [9.17, 15) is 0 Å². The Morgan fingerprint density at radius 3 is 2.40 bits per heavy atom. The molecule has 2 N–H and O–H groups in total. The van der Waals surface area contributed by atoms with Gasteiger partial charge in [0.2, 0.25) is 0 Å². The van der Waals surface area contributed by atoms with Crippen LogP contribution in [-0.2, 0) is 5.54 Å². The molecule has 0 unspecified atom stereocenters. The molecule has 2 rings (SSSR count). The fourth-order valence-corrected chi connectivity index (χ4v) is 3.21. The maximum absolute atomic E-state index is 6.49. The first-order chi connectivity index (χ1) is 7.03. The molecular weight excluding hydrogens is 250 g/mol. The largest absolute Gasteiger partial charge is 0.321 e. The van der Waals surface area contributed by atoms with E-state index in [1.807, 2.05) is 0 Å². The third-order valence-electron chi connectivity index (χ3n) is 3.43. The Bertz CT molecular complexity index is 378. The average Bonchev–Trinajstić information content (AvgIpc) is 2.59. The minimum Gasteiger partial charge on any atom is -0.321 e. The number of nitrogens with two attached hydrogens (primary N) is 1. The minimum atomic E-state index is -0.0877. The van der Waals surface area contributed by atoms with Crippen LogP contribution in [0, 0.1) is 13.8 Å². The Morgan fingerprint density at radius 1 is 1.20 bits per heavy atom. The molecule has 1 saturated carbocycles. The maximum atomic E-state index is 6.49. The molecule has 0 spiro atoms. The third-order valence-corrected chi connectivity index (χ3v) is 4.48. The SMILES string of the molecule is Cc1cc(C)c(Br)c(C2(N)CCCC2)c1. The van der Waals surface area contributed by atoms with E-state index in [2.05, 4.69) is 41.9 Å². The average molecular weight is 268 g/mol. The van der Waals surface area contributed by atoms with Crippen molar-refractivity contribution in [1.82, 2.24) is 0 Å². The molecule has 2 heteroatoms. The van der Waals surface area contributed by atoms with Crippen LogP contribution >= 0.6 is 15.9 Å². The van der Waals surface area contributed by atoms with Crippen molar-refractivity contribution in [3.05, 3.63) is 33.3 Å². The summed E-state index contributed by atoms with van der Waals surface area (Å²) in [6.07, 6.45) is 4.76. The van der Waals surface area contributed by atoms with E-state index < -0.39 is 0 Å². The molecule has 0 aliphatic heterocycles. The van der Waals surface area contributed by atoms with Crippen LogP contribution in [0.3, 0.4) is 0 Å². The molecule has 0 bridgehead atoms. The molecule has 1 nitrogen and oxygen atoms in total. The van der Waals surface area contributed by atoms with E-state index >= 15 is 0 Å². The van der Waals surface area contributed by atoms with Gasteiger partial charge >= 0.3 is 0 Å². The molecule has 1 aliphatic carbocycles.